The smallest absolute Gasteiger partial charge is 0.326 e. The van der Waals surface area contributed by atoms with Crippen molar-refractivity contribution in [2.75, 3.05) is 32.9 Å². The van der Waals surface area contributed by atoms with Crippen molar-refractivity contribution in [1.82, 2.24) is 4.90 Å². The third kappa shape index (κ3) is 7.51. The van der Waals surface area contributed by atoms with Crippen LogP contribution >= 0.6 is 0 Å². The van der Waals surface area contributed by atoms with Crippen LogP contribution in [-0.2, 0) is 23.8 Å². The molecule has 9 heteroatoms. The Hall–Kier alpha value is -2.49. The van der Waals surface area contributed by atoms with E-state index >= 15 is 4.39 Å². The number of carbonyl (C=O) groups is 1. The van der Waals surface area contributed by atoms with Crippen LogP contribution in [0.2, 0.25) is 0 Å². The summed E-state index contributed by atoms with van der Waals surface area (Å²) in [5.41, 5.74) is 0.964. The lowest BCUT2D eigenvalue weighted by molar-refractivity contribution is -0.171. The van der Waals surface area contributed by atoms with E-state index in [1.54, 1.807) is 42.5 Å². The van der Waals surface area contributed by atoms with Crippen molar-refractivity contribution < 1.29 is 31.3 Å². The summed E-state index contributed by atoms with van der Waals surface area (Å²) in [6.45, 7) is 3.33. The van der Waals surface area contributed by atoms with Gasteiger partial charge < -0.3 is 14.4 Å². The summed E-state index contributed by atoms with van der Waals surface area (Å²) >= 11 is 0. The van der Waals surface area contributed by atoms with Crippen molar-refractivity contribution >= 4 is 16.0 Å². The summed E-state index contributed by atoms with van der Waals surface area (Å²) in [5, 5.41) is 0. The molecule has 1 fully saturated rings. The monoisotopic (exact) mass is 493 g/mol. The molecule has 3 rings (SSSR count). The number of benzene rings is 2. The van der Waals surface area contributed by atoms with Crippen molar-refractivity contribution in [3.05, 3.63) is 60.2 Å². The summed E-state index contributed by atoms with van der Waals surface area (Å²) in [5.74, 6) is -2.86. The molecule has 1 heterocycles. The second kappa shape index (κ2) is 12.3. The van der Waals surface area contributed by atoms with Crippen LogP contribution in [0.3, 0.4) is 0 Å². The molecule has 0 aromatic heterocycles. The standard InChI is InChI=1S/C25H32FNO6S/c1-21-11-13-23(14-12-21)34(29,30)32-18-8-3-2-7-15-25(26,33-22-9-5-4-6-10-22)24(28)27-16-19-31-20-17-27/h4-6,9-14H,2-3,7-8,15-20H2,1H3. The molecule has 1 saturated heterocycles. The molecule has 1 atom stereocenters. The van der Waals surface area contributed by atoms with E-state index in [1.807, 2.05) is 6.92 Å². The van der Waals surface area contributed by atoms with Gasteiger partial charge in [0.05, 0.1) is 24.7 Å². The predicted molar refractivity (Wildman–Crippen MR) is 126 cm³/mol. The van der Waals surface area contributed by atoms with Crippen LogP contribution in [0.4, 0.5) is 4.39 Å². The molecule has 1 amide bonds. The van der Waals surface area contributed by atoms with Gasteiger partial charge in [-0.3, -0.25) is 8.98 Å². The summed E-state index contributed by atoms with van der Waals surface area (Å²) in [7, 11) is -3.79. The zero-order valence-electron chi connectivity index (χ0n) is 19.5. The lowest BCUT2D eigenvalue weighted by Crippen LogP contribution is -2.53. The number of halogens is 1. The van der Waals surface area contributed by atoms with E-state index in [9.17, 15) is 13.2 Å². The van der Waals surface area contributed by atoms with Crippen LogP contribution in [0.1, 0.15) is 37.7 Å². The molecule has 34 heavy (non-hydrogen) atoms. The molecule has 0 spiro atoms. The topological polar surface area (TPSA) is 82.1 Å². The van der Waals surface area contributed by atoms with Crippen molar-refractivity contribution in [3.63, 3.8) is 0 Å². The number of rotatable bonds is 12. The largest absolute Gasteiger partial charge is 0.450 e. The number of hydrogen-bond donors (Lipinski definition) is 0. The fourth-order valence-electron chi connectivity index (χ4n) is 3.63. The third-order valence-corrected chi connectivity index (χ3v) is 6.91. The minimum atomic E-state index is -3.79. The number of amides is 1. The van der Waals surface area contributed by atoms with Crippen LogP contribution in [-0.4, -0.2) is 58.0 Å². The van der Waals surface area contributed by atoms with Gasteiger partial charge in [0.25, 0.3) is 16.0 Å². The molecule has 0 radical (unpaired) electrons. The van der Waals surface area contributed by atoms with Gasteiger partial charge in [-0.15, -0.1) is 0 Å². The lowest BCUT2D eigenvalue weighted by Gasteiger charge is -2.34. The molecule has 2 aromatic rings. The van der Waals surface area contributed by atoms with Crippen molar-refractivity contribution in [2.24, 2.45) is 0 Å². The highest BCUT2D eigenvalue weighted by molar-refractivity contribution is 7.86. The van der Waals surface area contributed by atoms with E-state index in [0.29, 0.717) is 57.7 Å². The SMILES string of the molecule is Cc1ccc(S(=O)(=O)OCCCCCCC(F)(Oc2ccccc2)C(=O)N2CCOCC2)cc1. The Balaban J connectivity index is 1.47. The van der Waals surface area contributed by atoms with Gasteiger partial charge in [-0.2, -0.15) is 12.8 Å². The molecule has 2 aromatic carbocycles. The molecular formula is C25H32FNO6S. The van der Waals surface area contributed by atoms with E-state index in [-0.39, 0.29) is 17.9 Å². The Bertz CT molecular complexity index is 1010. The first-order chi connectivity index (χ1) is 16.3. The summed E-state index contributed by atoms with van der Waals surface area (Å²) in [4.78, 5) is 14.5. The maximum absolute atomic E-state index is 15.8. The van der Waals surface area contributed by atoms with E-state index < -0.39 is 21.9 Å². The van der Waals surface area contributed by atoms with Crippen molar-refractivity contribution in [1.29, 1.82) is 0 Å². The number of morpholine rings is 1. The molecule has 0 N–H and O–H groups in total. The van der Waals surface area contributed by atoms with Crippen molar-refractivity contribution in [2.45, 2.75) is 49.8 Å². The zero-order chi connectivity index (χ0) is 24.4. The van der Waals surface area contributed by atoms with Gasteiger partial charge in [0.2, 0.25) is 0 Å². The summed E-state index contributed by atoms with van der Waals surface area (Å²) in [6.07, 6.45) is 2.05. The van der Waals surface area contributed by atoms with E-state index in [2.05, 4.69) is 0 Å². The number of nitrogens with zero attached hydrogens (tertiary/aromatic N) is 1. The summed E-state index contributed by atoms with van der Waals surface area (Å²) in [6, 6.07) is 14.9. The Labute approximate surface area is 200 Å². The first-order valence-electron chi connectivity index (χ1n) is 11.6. The lowest BCUT2D eigenvalue weighted by atomic mass is 10.1. The second-order valence-corrected chi connectivity index (χ2v) is 9.92. The molecule has 1 aliphatic heterocycles. The highest BCUT2D eigenvalue weighted by Crippen LogP contribution is 2.28. The van der Waals surface area contributed by atoms with Crippen LogP contribution < -0.4 is 4.74 Å². The average Bonchev–Trinajstić information content (AvgIpc) is 2.84. The Kier molecular flexibility index (Phi) is 9.44. The first-order valence-corrected chi connectivity index (χ1v) is 13.0. The zero-order valence-corrected chi connectivity index (χ0v) is 20.3. The highest BCUT2D eigenvalue weighted by Gasteiger charge is 2.44. The number of carbonyl (C=O) groups excluding carboxylic acids is 1. The van der Waals surface area contributed by atoms with Crippen LogP contribution in [0.15, 0.2) is 59.5 Å². The fraction of sp³-hybridized carbons (Fsp3) is 0.480. The Morgan fingerprint density at radius 1 is 1.00 bits per heavy atom. The normalized spacial score (nSPS) is 16.1. The molecule has 1 unspecified atom stereocenters. The first kappa shape index (κ1) is 26.1. The van der Waals surface area contributed by atoms with E-state index in [1.165, 1.54) is 17.0 Å². The molecule has 0 saturated carbocycles. The molecule has 186 valence electrons. The average molecular weight is 494 g/mol. The maximum atomic E-state index is 15.8. The Morgan fingerprint density at radius 2 is 1.65 bits per heavy atom. The molecule has 7 nitrogen and oxygen atoms in total. The molecule has 1 aliphatic rings. The molecule has 0 bridgehead atoms. The van der Waals surface area contributed by atoms with Crippen LogP contribution in [0.25, 0.3) is 0 Å². The van der Waals surface area contributed by atoms with Gasteiger partial charge >= 0.3 is 5.85 Å². The number of ether oxygens (including phenoxy) is 2. The number of aryl methyl sites for hydroxylation is 1. The fourth-order valence-corrected chi connectivity index (χ4v) is 4.57. The molecular weight excluding hydrogens is 461 g/mol. The number of alkyl halides is 1. The molecule has 0 aliphatic carbocycles. The van der Waals surface area contributed by atoms with Gasteiger partial charge in [0.15, 0.2) is 0 Å². The third-order valence-electron chi connectivity index (χ3n) is 5.58. The van der Waals surface area contributed by atoms with E-state index in [0.717, 1.165) is 5.56 Å². The Morgan fingerprint density at radius 3 is 2.32 bits per heavy atom. The van der Waals surface area contributed by atoms with Crippen LogP contribution in [0.5, 0.6) is 5.75 Å². The van der Waals surface area contributed by atoms with Gasteiger partial charge in [-0.1, -0.05) is 48.7 Å². The number of unbranched alkanes of at least 4 members (excludes halogenated alkanes) is 3. The van der Waals surface area contributed by atoms with Gasteiger partial charge in [0, 0.05) is 19.5 Å². The van der Waals surface area contributed by atoms with Crippen molar-refractivity contribution in [3.8, 4) is 5.75 Å². The minimum absolute atomic E-state index is 0.0458. The predicted octanol–water partition coefficient (Wildman–Crippen LogP) is 4.25. The second-order valence-electron chi connectivity index (χ2n) is 8.30. The number of para-hydroxylation sites is 1. The minimum Gasteiger partial charge on any atom is -0.450 e. The van der Waals surface area contributed by atoms with E-state index in [4.69, 9.17) is 13.7 Å². The van der Waals surface area contributed by atoms with Gasteiger partial charge in [-0.25, -0.2) is 0 Å². The van der Waals surface area contributed by atoms with Gasteiger partial charge in [-0.05, 0) is 44.0 Å². The summed E-state index contributed by atoms with van der Waals surface area (Å²) < 4.78 is 56.2. The maximum Gasteiger partial charge on any atom is 0.326 e. The number of hydrogen-bond acceptors (Lipinski definition) is 6. The highest BCUT2D eigenvalue weighted by atomic mass is 32.2. The quantitative estimate of drug-likeness (QED) is 0.325. The van der Waals surface area contributed by atoms with Crippen LogP contribution in [0, 0.1) is 6.92 Å². The van der Waals surface area contributed by atoms with Gasteiger partial charge in [0.1, 0.15) is 5.75 Å².